The molecule has 0 radical (unpaired) electrons. The maximum atomic E-state index is 12.1. The molecule has 1 heterocycles. The molecule has 0 fully saturated rings. The van der Waals surface area contributed by atoms with Gasteiger partial charge in [-0.3, -0.25) is 4.79 Å². The molecule has 6 heteroatoms. The van der Waals surface area contributed by atoms with Crippen LogP contribution >= 0.6 is 0 Å². The van der Waals surface area contributed by atoms with Crippen molar-refractivity contribution in [2.75, 3.05) is 6.61 Å². The van der Waals surface area contributed by atoms with Gasteiger partial charge in [-0.05, 0) is 54.8 Å². The van der Waals surface area contributed by atoms with Gasteiger partial charge in [0.15, 0.2) is 6.61 Å². The number of benzene rings is 2. The van der Waals surface area contributed by atoms with E-state index in [0.717, 1.165) is 17.7 Å². The molecule has 6 nitrogen and oxygen atoms in total. The first-order valence-electron chi connectivity index (χ1n) is 9.22. The maximum Gasteiger partial charge on any atom is 0.338 e. The molecule has 0 saturated heterocycles. The Bertz CT molecular complexity index is 917. The van der Waals surface area contributed by atoms with Gasteiger partial charge in [0, 0.05) is 12.4 Å². The minimum atomic E-state index is -0.540. The molecule has 0 aliphatic rings. The molecule has 0 spiro atoms. The zero-order valence-corrected chi connectivity index (χ0v) is 16.0. The summed E-state index contributed by atoms with van der Waals surface area (Å²) in [7, 11) is 0. The van der Waals surface area contributed by atoms with Crippen LogP contribution in [0.25, 0.3) is 5.69 Å². The molecule has 3 aromatic rings. The smallest absolute Gasteiger partial charge is 0.338 e. The molecule has 28 heavy (non-hydrogen) atoms. The van der Waals surface area contributed by atoms with Crippen molar-refractivity contribution < 1.29 is 14.3 Å². The maximum absolute atomic E-state index is 12.1. The van der Waals surface area contributed by atoms with Gasteiger partial charge in [-0.25, -0.2) is 9.48 Å². The SMILES string of the molecule is CCc1ccc(C(C)NC(=O)COC(=O)c2ccc(-n3cccn3)cc2)cc1. The van der Waals surface area contributed by atoms with E-state index in [1.54, 1.807) is 35.1 Å². The Balaban J connectivity index is 1.50. The zero-order chi connectivity index (χ0) is 19.9. The molecule has 0 aliphatic heterocycles. The molecule has 0 bridgehead atoms. The minimum Gasteiger partial charge on any atom is -0.452 e. The van der Waals surface area contributed by atoms with Gasteiger partial charge >= 0.3 is 5.97 Å². The molecule has 1 aromatic heterocycles. The lowest BCUT2D eigenvalue weighted by molar-refractivity contribution is -0.124. The standard InChI is InChI=1S/C22H23N3O3/c1-3-17-5-7-18(8-6-17)16(2)24-21(26)15-28-22(27)19-9-11-20(12-10-19)25-14-4-13-23-25/h4-14,16H,3,15H2,1-2H3,(H,24,26). The number of aryl methyl sites for hydroxylation is 1. The number of aromatic nitrogens is 2. The molecule has 1 N–H and O–H groups in total. The molecule has 3 rings (SSSR count). The summed E-state index contributed by atoms with van der Waals surface area (Å²) in [5, 5.41) is 6.97. The Morgan fingerprint density at radius 1 is 1.11 bits per heavy atom. The lowest BCUT2D eigenvalue weighted by atomic mass is 10.1. The number of nitrogens with zero attached hydrogens (tertiary/aromatic N) is 2. The van der Waals surface area contributed by atoms with Gasteiger partial charge in [0.1, 0.15) is 0 Å². The van der Waals surface area contributed by atoms with E-state index in [9.17, 15) is 9.59 Å². The van der Waals surface area contributed by atoms with Gasteiger partial charge in [-0.2, -0.15) is 5.10 Å². The largest absolute Gasteiger partial charge is 0.452 e. The van der Waals surface area contributed by atoms with Gasteiger partial charge in [0.25, 0.3) is 5.91 Å². The van der Waals surface area contributed by atoms with Gasteiger partial charge < -0.3 is 10.1 Å². The molecular weight excluding hydrogens is 354 g/mol. The summed E-state index contributed by atoms with van der Waals surface area (Å²) in [5.41, 5.74) is 3.47. The predicted octanol–water partition coefficient (Wildman–Crippen LogP) is 3.47. The summed E-state index contributed by atoms with van der Waals surface area (Å²) in [5.74, 6) is -0.879. The second-order valence-corrected chi connectivity index (χ2v) is 6.46. The highest BCUT2D eigenvalue weighted by molar-refractivity contribution is 5.91. The quantitative estimate of drug-likeness (QED) is 0.640. The number of hydrogen-bond acceptors (Lipinski definition) is 4. The molecule has 2 aromatic carbocycles. The van der Waals surface area contributed by atoms with Gasteiger partial charge in [-0.15, -0.1) is 0 Å². The summed E-state index contributed by atoms with van der Waals surface area (Å²) >= 11 is 0. The molecule has 0 saturated carbocycles. The topological polar surface area (TPSA) is 73.2 Å². The Morgan fingerprint density at radius 3 is 2.43 bits per heavy atom. The molecule has 0 aliphatic carbocycles. The second-order valence-electron chi connectivity index (χ2n) is 6.46. The summed E-state index contributed by atoms with van der Waals surface area (Å²) in [6.45, 7) is 3.67. The third-order valence-corrected chi connectivity index (χ3v) is 4.47. The lowest BCUT2D eigenvalue weighted by Gasteiger charge is -2.15. The first-order chi connectivity index (χ1) is 13.6. The third-order valence-electron chi connectivity index (χ3n) is 4.47. The number of carbonyl (C=O) groups excluding carboxylic acids is 2. The fourth-order valence-corrected chi connectivity index (χ4v) is 2.79. The van der Waals surface area contributed by atoms with E-state index in [-0.39, 0.29) is 18.6 Å². The van der Waals surface area contributed by atoms with Crippen LogP contribution in [0.4, 0.5) is 0 Å². The highest BCUT2D eigenvalue weighted by Crippen LogP contribution is 2.14. The average Bonchev–Trinajstić information content (AvgIpc) is 3.27. The number of carbonyl (C=O) groups is 2. The summed E-state index contributed by atoms with van der Waals surface area (Å²) < 4.78 is 6.81. The molecule has 1 unspecified atom stereocenters. The van der Waals surface area contributed by atoms with Crippen molar-refractivity contribution in [1.82, 2.24) is 15.1 Å². The van der Waals surface area contributed by atoms with Crippen LogP contribution < -0.4 is 5.32 Å². The fourth-order valence-electron chi connectivity index (χ4n) is 2.79. The highest BCUT2D eigenvalue weighted by atomic mass is 16.5. The first-order valence-corrected chi connectivity index (χ1v) is 9.22. The predicted molar refractivity (Wildman–Crippen MR) is 106 cm³/mol. The third kappa shape index (κ3) is 4.85. The monoisotopic (exact) mass is 377 g/mol. The minimum absolute atomic E-state index is 0.162. The van der Waals surface area contributed by atoms with E-state index < -0.39 is 5.97 Å². The van der Waals surface area contributed by atoms with E-state index >= 15 is 0 Å². The number of nitrogens with one attached hydrogen (secondary N) is 1. The van der Waals surface area contributed by atoms with Crippen molar-refractivity contribution in [3.63, 3.8) is 0 Å². The van der Waals surface area contributed by atoms with Crippen LogP contribution in [0.2, 0.25) is 0 Å². The molecule has 1 atom stereocenters. The highest BCUT2D eigenvalue weighted by Gasteiger charge is 2.13. The van der Waals surface area contributed by atoms with Crippen molar-refractivity contribution in [2.45, 2.75) is 26.3 Å². The fraction of sp³-hybridized carbons (Fsp3) is 0.227. The number of amides is 1. The van der Waals surface area contributed by atoms with Crippen LogP contribution in [0.5, 0.6) is 0 Å². The molecular formula is C22H23N3O3. The van der Waals surface area contributed by atoms with Gasteiger partial charge in [0.2, 0.25) is 0 Å². The Labute approximate surface area is 164 Å². The van der Waals surface area contributed by atoms with Crippen LogP contribution in [0.1, 0.15) is 41.4 Å². The van der Waals surface area contributed by atoms with Crippen molar-refractivity contribution in [3.8, 4) is 5.69 Å². The van der Waals surface area contributed by atoms with Crippen molar-refractivity contribution in [1.29, 1.82) is 0 Å². The van der Waals surface area contributed by atoms with Crippen LogP contribution in [0, 0.1) is 0 Å². The molecule has 144 valence electrons. The van der Waals surface area contributed by atoms with Crippen LogP contribution in [0.15, 0.2) is 67.0 Å². The zero-order valence-electron chi connectivity index (χ0n) is 16.0. The first kappa shape index (κ1) is 19.4. The van der Waals surface area contributed by atoms with E-state index in [4.69, 9.17) is 4.74 Å². The normalized spacial score (nSPS) is 11.6. The number of ether oxygens (including phenoxy) is 1. The summed E-state index contributed by atoms with van der Waals surface area (Å²) in [6, 6.07) is 16.6. The van der Waals surface area contributed by atoms with E-state index in [1.807, 2.05) is 43.5 Å². The summed E-state index contributed by atoms with van der Waals surface area (Å²) in [4.78, 5) is 24.2. The van der Waals surface area contributed by atoms with Crippen molar-refractivity contribution in [3.05, 3.63) is 83.7 Å². The van der Waals surface area contributed by atoms with Crippen molar-refractivity contribution >= 4 is 11.9 Å². The van der Waals surface area contributed by atoms with E-state index in [2.05, 4.69) is 17.3 Å². The number of hydrogen-bond donors (Lipinski definition) is 1. The lowest BCUT2D eigenvalue weighted by Crippen LogP contribution is -2.31. The molecule has 1 amide bonds. The summed E-state index contributed by atoms with van der Waals surface area (Å²) in [6.07, 6.45) is 4.47. The Hall–Kier alpha value is -3.41. The Kier molecular flexibility index (Phi) is 6.22. The Morgan fingerprint density at radius 2 is 1.82 bits per heavy atom. The van der Waals surface area contributed by atoms with E-state index in [0.29, 0.717) is 5.56 Å². The van der Waals surface area contributed by atoms with Crippen LogP contribution in [-0.2, 0) is 16.0 Å². The number of esters is 1. The van der Waals surface area contributed by atoms with Crippen LogP contribution in [0.3, 0.4) is 0 Å². The second kappa shape index (κ2) is 8.99. The van der Waals surface area contributed by atoms with Crippen LogP contribution in [-0.4, -0.2) is 28.3 Å². The van der Waals surface area contributed by atoms with E-state index in [1.165, 1.54) is 5.56 Å². The van der Waals surface area contributed by atoms with Crippen molar-refractivity contribution in [2.24, 2.45) is 0 Å². The van der Waals surface area contributed by atoms with Gasteiger partial charge in [0.05, 0.1) is 17.3 Å². The van der Waals surface area contributed by atoms with Gasteiger partial charge in [-0.1, -0.05) is 31.2 Å². The average molecular weight is 377 g/mol. The number of rotatable bonds is 7.